The molecule has 1 fully saturated rings. The molecule has 0 bridgehead atoms. The number of ether oxygens (including phenoxy) is 1. The molecule has 1 aliphatic heterocycles. The van der Waals surface area contributed by atoms with Gasteiger partial charge in [0.15, 0.2) is 0 Å². The number of rotatable bonds is 9. The van der Waals surface area contributed by atoms with Crippen molar-refractivity contribution in [2.75, 3.05) is 59.5 Å². The summed E-state index contributed by atoms with van der Waals surface area (Å²) in [6.07, 6.45) is 0. The van der Waals surface area contributed by atoms with Crippen LogP contribution in [0.15, 0.2) is 0 Å². The Balaban J connectivity index is 0.00000441. The van der Waals surface area contributed by atoms with Gasteiger partial charge in [0.05, 0.1) is 6.61 Å². The Morgan fingerprint density at radius 2 is 1.77 bits per heavy atom. The monoisotopic (exact) mass is 336 g/mol. The molecule has 9 heteroatoms. The maximum atomic E-state index is 11.8. The molecule has 8 nitrogen and oxygen atoms in total. The van der Waals surface area contributed by atoms with E-state index in [4.69, 9.17) is 4.74 Å². The largest absolute Gasteiger partial charge is 0.383 e. The fourth-order valence-corrected chi connectivity index (χ4v) is 1.99. The second-order valence-electron chi connectivity index (χ2n) is 4.70. The lowest BCUT2D eigenvalue weighted by molar-refractivity contribution is -0.156. The van der Waals surface area contributed by atoms with Crippen LogP contribution in [0, 0.1) is 0 Å². The third-order valence-electron chi connectivity index (χ3n) is 3.22. The van der Waals surface area contributed by atoms with Crippen LogP contribution in [-0.4, -0.2) is 87.1 Å². The number of nitrogens with one attached hydrogen (secondary N) is 2. The van der Waals surface area contributed by atoms with Crippen molar-refractivity contribution in [1.29, 1.82) is 0 Å². The summed E-state index contributed by atoms with van der Waals surface area (Å²) < 4.78 is 4.88. The zero-order chi connectivity index (χ0) is 15.7. The molecule has 0 aliphatic carbocycles. The second-order valence-corrected chi connectivity index (χ2v) is 4.70. The molecule has 2 N–H and O–H groups in total. The molecular formula is C13H25ClN4O4. The minimum atomic E-state index is -0.600. The van der Waals surface area contributed by atoms with Crippen LogP contribution in [-0.2, 0) is 19.1 Å². The number of methoxy groups -OCH3 is 1. The molecule has 0 saturated carbocycles. The highest BCUT2D eigenvalue weighted by Crippen LogP contribution is 2.04. The average molecular weight is 337 g/mol. The molecule has 0 atom stereocenters. The fourth-order valence-electron chi connectivity index (χ4n) is 1.99. The lowest BCUT2D eigenvalue weighted by atomic mass is 10.3. The summed E-state index contributed by atoms with van der Waals surface area (Å²) in [6, 6.07) is 0. The van der Waals surface area contributed by atoms with E-state index in [2.05, 4.69) is 10.6 Å². The van der Waals surface area contributed by atoms with Gasteiger partial charge in [0.1, 0.15) is 6.54 Å². The van der Waals surface area contributed by atoms with E-state index < -0.39 is 11.8 Å². The Morgan fingerprint density at radius 3 is 2.41 bits per heavy atom. The number of hydrogen-bond acceptors (Lipinski definition) is 5. The van der Waals surface area contributed by atoms with E-state index in [1.165, 1.54) is 9.80 Å². The van der Waals surface area contributed by atoms with E-state index in [-0.39, 0.29) is 24.9 Å². The minimum Gasteiger partial charge on any atom is -0.383 e. The van der Waals surface area contributed by atoms with Gasteiger partial charge in [-0.25, -0.2) is 0 Å². The van der Waals surface area contributed by atoms with Gasteiger partial charge in [0.25, 0.3) is 0 Å². The van der Waals surface area contributed by atoms with Gasteiger partial charge in [-0.05, 0) is 6.92 Å². The van der Waals surface area contributed by atoms with Crippen molar-refractivity contribution in [1.82, 2.24) is 20.4 Å². The molecule has 1 rings (SSSR count). The highest BCUT2D eigenvalue weighted by molar-refractivity contribution is 6.35. The first-order valence-electron chi connectivity index (χ1n) is 7.14. The summed E-state index contributed by atoms with van der Waals surface area (Å²) in [5, 5.41) is 5.80. The van der Waals surface area contributed by atoms with Crippen molar-refractivity contribution >= 4 is 30.1 Å². The molecule has 0 radical (unpaired) electrons. The zero-order valence-electron chi connectivity index (χ0n) is 13.1. The Kier molecular flexibility index (Phi) is 10.5. The van der Waals surface area contributed by atoms with Crippen molar-refractivity contribution in [2.24, 2.45) is 0 Å². The number of amides is 3. The lowest BCUT2D eigenvalue weighted by Gasteiger charge is -2.32. The van der Waals surface area contributed by atoms with Gasteiger partial charge in [-0.2, -0.15) is 0 Å². The van der Waals surface area contributed by atoms with Gasteiger partial charge < -0.3 is 25.2 Å². The van der Waals surface area contributed by atoms with Gasteiger partial charge in [-0.3, -0.25) is 14.4 Å². The van der Waals surface area contributed by atoms with Crippen LogP contribution >= 0.6 is 12.4 Å². The summed E-state index contributed by atoms with van der Waals surface area (Å²) >= 11 is 0. The summed E-state index contributed by atoms with van der Waals surface area (Å²) in [6.45, 7) is 5.59. The molecule has 1 aliphatic rings. The number of carbonyl (C=O) groups excluding carboxylic acids is 3. The third-order valence-corrected chi connectivity index (χ3v) is 3.22. The smallest absolute Gasteiger partial charge is 0.312 e. The Morgan fingerprint density at radius 1 is 1.14 bits per heavy atom. The zero-order valence-corrected chi connectivity index (χ0v) is 13.9. The summed E-state index contributed by atoms with van der Waals surface area (Å²) in [4.78, 5) is 38.0. The number of halogens is 1. The molecule has 0 unspecified atom stereocenters. The fraction of sp³-hybridized carbons (Fsp3) is 0.769. The molecule has 0 spiro atoms. The SMILES string of the molecule is CCN1CCN(CC(=O)NCCNCCOC)C(=O)C1=O.Cl. The van der Waals surface area contributed by atoms with Crippen molar-refractivity contribution in [2.45, 2.75) is 6.92 Å². The van der Waals surface area contributed by atoms with E-state index in [1.807, 2.05) is 6.92 Å². The Hall–Kier alpha value is -1.38. The lowest BCUT2D eigenvalue weighted by Crippen LogP contribution is -2.56. The molecule has 22 heavy (non-hydrogen) atoms. The summed E-state index contributed by atoms with van der Waals surface area (Å²) in [7, 11) is 1.63. The van der Waals surface area contributed by atoms with Crippen LogP contribution in [0.4, 0.5) is 0 Å². The van der Waals surface area contributed by atoms with E-state index in [0.29, 0.717) is 39.3 Å². The quantitative estimate of drug-likeness (QED) is 0.393. The Bertz CT molecular complexity index is 381. The van der Waals surface area contributed by atoms with Crippen LogP contribution in [0.3, 0.4) is 0 Å². The number of likely N-dealkylation sites (N-methyl/N-ethyl adjacent to an activating group) is 1. The molecule has 0 aromatic heterocycles. The van der Waals surface area contributed by atoms with Gasteiger partial charge in [0, 0.05) is 46.4 Å². The van der Waals surface area contributed by atoms with Crippen LogP contribution in [0.1, 0.15) is 6.92 Å². The first-order chi connectivity index (χ1) is 10.1. The maximum absolute atomic E-state index is 11.8. The molecule has 0 aromatic rings. The molecule has 128 valence electrons. The van der Waals surface area contributed by atoms with Crippen LogP contribution in [0.2, 0.25) is 0 Å². The van der Waals surface area contributed by atoms with E-state index in [1.54, 1.807) is 7.11 Å². The first-order valence-corrected chi connectivity index (χ1v) is 7.14. The van der Waals surface area contributed by atoms with Crippen LogP contribution < -0.4 is 10.6 Å². The number of hydrogen-bond donors (Lipinski definition) is 2. The third kappa shape index (κ3) is 6.59. The average Bonchev–Trinajstić information content (AvgIpc) is 2.48. The molecule has 1 saturated heterocycles. The van der Waals surface area contributed by atoms with Crippen molar-refractivity contribution in [3.63, 3.8) is 0 Å². The Labute approximate surface area is 136 Å². The molecule has 3 amide bonds. The summed E-state index contributed by atoms with van der Waals surface area (Å²) in [5.41, 5.74) is 0. The maximum Gasteiger partial charge on any atom is 0.312 e. The van der Waals surface area contributed by atoms with Crippen LogP contribution in [0.5, 0.6) is 0 Å². The molecular weight excluding hydrogens is 312 g/mol. The summed E-state index contributed by atoms with van der Waals surface area (Å²) in [5.74, 6) is -1.39. The molecule has 1 heterocycles. The topological polar surface area (TPSA) is 91.0 Å². The standard InChI is InChI=1S/C13H24N4O4.ClH/c1-3-16-7-8-17(13(20)12(16)19)10-11(18)15-5-4-14-6-9-21-2;/h14H,3-10H2,1-2H3,(H,15,18);1H. The van der Waals surface area contributed by atoms with Crippen molar-refractivity contribution in [3.8, 4) is 0 Å². The first kappa shape index (κ1) is 20.6. The minimum absolute atomic E-state index is 0. The predicted octanol–water partition coefficient (Wildman–Crippen LogP) is -1.55. The van der Waals surface area contributed by atoms with Crippen molar-refractivity contribution in [3.05, 3.63) is 0 Å². The highest BCUT2D eigenvalue weighted by atomic mass is 35.5. The van der Waals surface area contributed by atoms with Crippen LogP contribution in [0.25, 0.3) is 0 Å². The second kappa shape index (κ2) is 11.2. The van der Waals surface area contributed by atoms with E-state index >= 15 is 0 Å². The number of carbonyl (C=O) groups is 3. The van der Waals surface area contributed by atoms with Crippen molar-refractivity contribution < 1.29 is 19.1 Å². The van der Waals surface area contributed by atoms with Gasteiger partial charge >= 0.3 is 11.8 Å². The predicted molar refractivity (Wildman–Crippen MR) is 83.8 cm³/mol. The van der Waals surface area contributed by atoms with Gasteiger partial charge in [-0.15, -0.1) is 12.4 Å². The van der Waals surface area contributed by atoms with Gasteiger partial charge in [-0.1, -0.05) is 0 Å². The number of piperazine rings is 1. The van der Waals surface area contributed by atoms with Gasteiger partial charge in [0.2, 0.25) is 5.91 Å². The van der Waals surface area contributed by atoms with E-state index in [0.717, 1.165) is 6.54 Å². The number of nitrogens with zero attached hydrogens (tertiary/aromatic N) is 2. The molecule has 0 aromatic carbocycles. The highest BCUT2D eigenvalue weighted by Gasteiger charge is 2.32. The normalized spacial score (nSPS) is 14.8. The van der Waals surface area contributed by atoms with E-state index in [9.17, 15) is 14.4 Å².